The normalized spacial score (nSPS) is 15.8. The average Bonchev–Trinajstić information content (AvgIpc) is 2.94. The molecule has 108 valence electrons. The molecule has 1 aromatic carbocycles. The van der Waals surface area contributed by atoms with Crippen LogP contribution in [0.5, 0.6) is 0 Å². The molecule has 2 N–H and O–H groups in total. The van der Waals surface area contributed by atoms with Gasteiger partial charge in [0, 0.05) is 17.5 Å². The summed E-state index contributed by atoms with van der Waals surface area (Å²) in [6, 6.07) is 12.8. The van der Waals surface area contributed by atoms with Crippen molar-refractivity contribution in [3.63, 3.8) is 0 Å². The van der Waals surface area contributed by atoms with Crippen molar-refractivity contribution >= 4 is 11.3 Å². The first kappa shape index (κ1) is 15.2. The second kappa shape index (κ2) is 6.53. The number of nitrogens with one attached hydrogen (secondary N) is 1. The van der Waals surface area contributed by atoms with Crippen LogP contribution in [0.1, 0.15) is 29.9 Å². The van der Waals surface area contributed by atoms with Crippen molar-refractivity contribution in [1.29, 1.82) is 0 Å². The van der Waals surface area contributed by atoms with E-state index in [0.29, 0.717) is 12.6 Å². The highest BCUT2D eigenvalue weighted by atomic mass is 32.1. The van der Waals surface area contributed by atoms with Gasteiger partial charge in [0.15, 0.2) is 0 Å². The Balaban J connectivity index is 1.89. The zero-order valence-corrected chi connectivity index (χ0v) is 13.2. The van der Waals surface area contributed by atoms with Gasteiger partial charge in [0.05, 0.1) is 0 Å². The van der Waals surface area contributed by atoms with Crippen LogP contribution < -0.4 is 5.32 Å². The van der Waals surface area contributed by atoms with Crippen LogP contribution in [-0.4, -0.2) is 17.7 Å². The standard InChI is InChI=1S/C17H23NOS/c1-13-7-4-5-8-15(13)11-14(2)18-12-17(3,19)16-9-6-10-20-16/h4-10,14,18-19H,11-12H2,1-3H3. The first-order valence-electron chi connectivity index (χ1n) is 7.03. The van der Waals surface area contributed by atoms with Gasteiger partial charge in [0.2, 0.25) is 0 Å². The molecule has 0 saturated heterocycles. The van der Waals surface area contributed by atoms with Crippen molar-refractivity contribution in [2.75, 3.05) is 6.54 Å². The molecular weight excluding hydrogens is 266 g/mol. The van der Waals surface area contributed by atoms with Gasteiger partial charge >= 0.3 is 0 Å². The Hall–Kier alpha value is -1.16. The Bertz CT molecular complexity index is 534. The molecule has 0 radical (unpaired) electrons. The van der Waals surface area contributed by atoms with Gasteiger partial charge in [0.1, 0.15) is 5.60 Å². The zero-order chi connectivity index (χ0) is 14.6. The summed E-state index contributed by atoms with van der Waals surface area (Å²) in [5.41, 5.74) is 1.89. The van der Waals surface area contributed by atoms with Gasteiger partial charge in [-0.05, 0) is 49.8 Å². The first-order chi connectivity index (χ1) is 9.49. The molecule has 2 nitrogen and oxygen atoms in total. The summed E-state index contributed by atoms with van der Waals surface area (Å²) >= 11 is 1.60. The van der Waals surface area contributed by atoms with Gasteiger partial charge in [-0.25, -0.2) is 0 Å². The summed E-state index contributed by atoms with van der Waals surface area (Å²) in [5.74, 6) is 0. The fraction of sp³-hybridized carbons (Fsp3) is 0.412. The van der Waals surface area contributed by atoms with E-state index in [2.05, 4.69) is 43.4 Å². The fourth-order valence-corrected chi connectivity index (χ4v) is 3.07. The molecule has 1 heterocycles. The number of hydrogen-bond acceptors (Lipinski definition) is 3. The molecule has 0 aliphatic rings. The Labute approximate surface area is 125 Å². The van der Waals surface area contributed by atoms with Crippen molar-refractivity contribution in [2.24, 2.45) is 0 Å². The molecule has 2 atom stereocenters. The number of aryl methyl sites for hydroxylation is 1. The van der Waals surface area contributed by atoms with E-state index in [1.165, 1.54) is 11.1 Å². The third-order valence-electron chi connectivity index (χ3n) is 3.63. The van der Waals surface area contributed by atoms with Crippen molar-refractivity contribution in [2.45, 2.75) is 38.8 Å². The smallest absolute Gasteiger partial charge is 0.108 e. The summed E-state index contributed by atoms with van der Waals surface area (Å²) < 4.78 is 0. The molecule has 0 spiro atoms. The highest BCUT2D eigenvalue weighted by Crippen LogP contribution is 2.24. The summed E-state index contributed by atoms with van der Waals surface area (Å²) in [5, 5.41) is 15.9. The van der Waals surface area contributed by atoms with E-state index >= 15 is 0 Å². The van der Waals surface area contributed by atoms with Gasteiger partial charge in [-0.2, -0.15) is 0 Å². The molecule has 0 aliphatic heterocycles. The lowest BCUT2D eigenvalue weighted by Crippen LogP contribution is -2.40. The van der Waals surface area contributed by atoms with Crippen molar-refractivity contribution in [1.82, 2.24) is 5.32 Å². The Morgan fingerprint density at radius 2 is 2.00 bits per heavy atom. The van der Waals surface area contributed by atoms with Gasteiger partial charge in [-0.1, -0.05) is 30.3 Å². The van der Waals surface area contributed by atoms with Crippen LogP contribution in [0.2, 0.25) is 0 Å². The number of benzene rings is 1. The molecule has 0 amide bonds. The molecule has 0 saturated carbocycles. The minimum atomic E-state index is -0.797. The van der Waals surface area contributed by atoms with Crippen LogP contribution in [0.15, 0.2) is 41.8 Å². The van der Waals surface area contributed by atoms with Crippen molar-refractivity contribution in [3.8, 4) is 0 Å². The first-order valence-corrected chi connectivity index (χ1v) is 7.91. The topological polar surface area (TPSA) is 32.3 Å². The number of hydrogen-bond donors (Lipinski definition) is 2. The second-order valence-electron chi connectivity index (χ2n) is 5.66. The van der Waals surface area contributed by atoms with Crippen molar-refractivity contribution in [3.05, 3.63) is 57.8 Å². The maximum Gasteiger partial charge on any atom is 0.108 e. The van der Waals surface area contributed by atoms with E-state index in [-0.39, 0.29) is 0 Å². The molecule has 0 aliphatic carbocycles. The minimum absolute atomic E-state index is 0.336. The van der Waals surface area contributed by atoms with Gasteiger partial charge < -0.3 is 10.4 Å². The molecule has 2 rings (SSSR count). The van der Waals surface area contributed by atoms with Gasteiger partial charge in [0.25, 0.3) is 0 Å². The Kier molecular flexibility index (Phi) is 4.97. The van der Waals surface area contributed by atoms with Crippen LogP contribution in [-0.2, 0) is 12.0 Å². The summed E-state index contributed by atoms with van der Waals surface area (Å²) in [6.45, 7) is 6.74. The molecule has 0 bridgehead atoms. The predicted octanol–water partition coefficient (Wildman–Crippen LogP) is 3.48. The summed E-state index contributed by atoms with van der Waals surface area (Å²) in [4.78, 5) is 1.01. The van der Waals surface area contributed by atoms with Crippen LogP contribution in [0.3, 0.4) is 0 Å². The zero-order valence-electron chi connectivity index (χ0n) is 12.4. The van der Waals surface area contributed by atoms with E-state index < -0.39 is 5.60 Å². The Morgan fingerprint density at radius 3 is 2.65 bits per heavy atom. The largest absolute Gasteiger partial charge is 0.383 e. The highest BCUT2D eigenvalue weighted by Gasteiger charge is 2.24. The number of aliphatic hydroxyl groups is 1. The Morgan fingerprint density at radius 1 is 1.25 bits per heavy atom. The second-order valence-corrected chi connectivity index (χ2v) is 6.61. The highest BCUT2D eigenvalue weighted by molar-refractivity contribution is 7.10. The predicted molar refractivity (Wildman–Crippen MR) is 86.2 cm³/mol. The maximum atomic E-state index is 10.5. The molecule has 2 unspecified atom stereocenters. The van der Waals surface area contributed by atoms with Crippen LogP contribution >= 0.6 is 11.3 Å². The third-order valence-corrected chi connectivity index (χ3v) is 4.76. The van der Waals surface area contributed by atoms with E-state index in [1.54, 1.807) is 11.3 Å². The molecule has 2 aromatic rings. The third kappa shape index (κ3) is 3.92. The molecular formula is C17H23NOS. The number of thiophene rings is 1. The average molecular weight is 289 g/mol. The van der Waals surface area contributed by atoms with Crippen LogP contribution in [0, 0.1) is 6.92 Å². The van der Waals surface area contributed by atoms with Crippen LogP contribution in [0.4, 0.5) is 0 Å². The monoisotopic (exact) mass is 289 g/mol. The molecule has 3 heteroatoms. The van der Waals surface area contributed by atoms with E-state index in [9.17, 15) is 5.11 Å². The molecule has 20 heavy (non-hydrogen) atoms. The van der Waals surface area contributed by atoms with Crippen LogP contribution in [0.25, 0.3) is 0 Å². The van der Waals surface area contributed by atoms with Crippen molar-refractivity contribution < 1.29 is 5.11 Å². The lowest BCUT2D eigenvalue weighted by atomic mass is 10.0. The van der Waals surface area contributed by atoms with Gasteiger partial charge in [-0.3, -0.25) is 0 Å². The van der Waals surface area contributed by atoms with E-state index in [4.69, 9.17) is 0 Å². The van der Waals surface area contributed by atoms with E-state index in [1.807, 2.05) is 24.4 Å². The summed E-state index contributed by atoms with van der Waals surface area (Å²) in [6.07, 6.45) is 0.979. The maximum absolute atomic E-state index is 10.5. The minimum Gasteiger partial charge on any atom is -0.383 e. The fourth-order valence-electron chi connectivity index (χ4n) is 2.29. The number of rotatable bonds is 6. The van der Waals surface area contributed by atoms with Gasteiger partial charge in [-0.15, -0.1) is 11.3 Å². The lowest BCUT2D eigenvalue weighted by Gasteiger charge is -2.25. The lowest BCUT2D eigenvalue weighted by molar-refractivity contribution is 0.0581. The molecule has 1 aromatic heterocycles. The van der Waals surface area contributed by atoms with E-state index in [0.717, 1.165) is 11.3 Å². The molecule has 0 fully saturated rings. The summed E-state index contributed by atoms with van der Waals surface area (Å²) in [7, 11) is 0. The SMILES string of the molecule is Cc1ccccc1CC(C)NCC(C)(O)c1cccs1. The quantitative estimate of drug-likeness (QED) is 0.853.